The van der Waals surface area contributed by atoms with Crippen molar-refractivity contribution in [1.29, 1.82) is 0 Å². The van der Waals surface area contributed by atoms with Crippen molar-refractivity contribution in [2.75, 3.05) is 13.2 Å². The summed E-state index contributed by atoms with van der Waals surface area (Å²) in [5, 5.41) is 8.87. The Morgan fingerprint density at radius 1 is 1.28 bits per heavy atom. The van der Waals surface area contributed by atoms with Crippen LogP contribution in [0.3, 0.4) is 0 Å². The number of rotatable bonds is 4. The zero-order chi connectivity index (χ0) is 13.3. The maximum Gasteiger partial charge on any atom is 0.303 e. The highest BCUT2D eigenvalue weighted by molar-refractivity contribution is 5.67. The predicted molar refractivity (Wildman–Crippen MR) is 70.0 cm³/mol. The molecule has 0 atom stereocenters. The Morgan fingerprint density at radius 2 is 1.94 bits per heavy atom. The molecule has 1 N–H and O–H groups in total. The van der Waals surface area contributed by atoms with Crippen LogP contribution in [0.4, 0.5) is 0 Å². The molecule has 3 nitrogen and oxygen atoms in total. The van der Waals surface area contributed by atoms with Crippen molar-refractivity contribution in [1.82, 2.24) is 0 Å². The summed E-state index contributed by atoms with van der Waals surface area (Å²) in [4.78, 5) is 10.8. The van der Waals surface area contributed by atoms with E-state index in [1.807, 2.05) is 0 Å². The zero-order valence-electron chi connectivity index (χ0n) is 11.2. The van der Waals surface area contributed by atoms with Gasteiger partial charge in [-0.25, -0.2) is 0 Å². The molecule has 0 unspecified atom stereocenters. The average molecular weight is 248 g/mol. The highest BCUT2D eigenvalue weighted by atomic mass is 16.5. The van der Waals surface area contributed by atoms with Gasteiger partial charge in [0.05, 0.1) is 13.2 Å². The molecule has 1 aromatic rings. The summed E-state index contributed by atoms with van der Waals surface area (Å²) in [6, 6.07) is 4.26. The second kappa shape index (κ2) is 4.73. The zero-order valence-corrected chi connectivity index (χ0v) is 11.2. The van der Waals surface area contributed by atoms with Crippen molar-refractivity contribution >= 4 is 5.97 Å². The van der Waals surface area contributed by atoms with E-state index >= 15 is 0 Å². The van der Waals surface area contributed by atoms with Crippen LogP contribution in [0.2, 0.25) is 0 Å². The highest BCUT2D eigenvalue weighted by Crippen LogP contribution is 2.39. The van der Waals surface area contributed by atoms with Crippen LogP contribution < -0.4 is 0 Å². The molecule has 0 radical (unpaired) electrons. The Morgan fingerprint density at radius 3 is 2.44 bits per heavy atom. The van der Waals surface area contributed by atoms with E-state index in [-0.39, 0.29) is 11.8 Å². The minimum absolute atomic E-state index is 0.0824. The van der Waals surface area contributed by atoms with Gasteiger partial charge in [0.15, 0.2) is 0 Å². The molecule has 2 rings (SSSR count). The van der Waals surface area contributed by atoms with Gasteiger partial charge in [0.2, 0.25) is 0 Å². The van der Waals surface area contributed by atoms with Crippen LogP contribution in [0.15, 0.2) is 12.1 Å². The summed E-state index contributed by atoms with van der Waals surface area (Å²) in [7, 11) is 0. The molecule has 18 heavy (non-hydrogen) atoms. The Kier molecular flexibility index (Phi) is 3.44. The molecule has 0 saturated carbocycles. The maximum atomic E-state index is 10.8. The number of carboxylic acids is 1. The van der Waals surface area contributed by atoms with Crippen molar-refractivity contribution in [2.45, 2.75) is 39.0 Å². The Labute approximate surface area is 108 Å². The second-order valence-corrected chi connectivity index (χ2v) is 5.35. The summed E-state index contributed by atoms with van der Waals surface area (Å²) in [5.74, 6) is -0.734. The van der Waals surface area contributed by atoms with E-state index in [0.717, 1.165) is 0 Å². The molecule has 0 aliphatic carbocycles. The van der Waals surface area contributed by atoms with E-state index in [4.69, 9.17) is 9.84 Å². The molecule has 0 bridgehead atoms. The monoisotopic (exact) mass is 248 g/mol. The fraction of sp³-hybridized carbons (Fsp3) is 0.533. The van der Waals surface area contributed by atoms with Crippen molar-refractivity contribution in [3.63, 3.8) is 0 Å². The fourth-order valence-electron chi connectivity index (χ4n) is 2.66. The first-order chi connectivity index (χ1) is 8.46. The lowest BCUT2D eigenvalue weighted by Crippen LogP contribution is -2.47. The van der Waals surface area contributed by atoms with Crippen LogP contribution in [-0.2, 0) is 14.9 Å². The fourth-order valence-corrected chi connectivity index (χ4v) is 2.66. The van der Waals surface area contributed by atoms with Gasteiger partial charge in [-0.1, -0.05) is 12.1 Å². The SMILES string of the molecule is Cc1ccc(C2(CCC(=O)O)COC2)c(C)c1C. The average Bonchev–Trinajstić information content (AvgIpc) is 2.26. The minimum atomic E-state index is -0.734. The normalized spacial score (nSPS) is 17.3. The number of hydrogen-bond donors (Lipinski definition) is 1. The molecule has 3 heteroatoms. The number of aryl methyl sites for hydroxylation is 1. The molecule has 0 aromatic heterocycles. The summed E-state index contributed by atoms with van der Waals surface area (Å²) in [5.41, 5.74) is 5.04. The highest BCUT2D eigenvalue weighted by Gasteiger charge is 2.41. The van der Waals surface area contributed by atoms with E-state index in [2.05, 4.69) is 32.9 Å². The Hall–Kier alpha value is -1.35. The molecular weight excluding hydrogens is 228 g/mol. The lowest BCUT2D eigenvalue weighted by atomic mass is 9.72. The molecule has 98 valence electrons. The van der Waals surface area contributed by atoms with E-state index in [0.29, 0.717) is 19.6 Å². The Bertz CT molecular complexity index is 473. The Balaban J connectivity index is 2.33. The van der Waals surface area contributed by atoms with E-state index in [1.54, 1.807) is 0 Å². The largest absolute Gasteiger partial charge is 0.481 e. The lowest BCUT2D eigenvalue weighted by Gasteiger charge is -2.43. The van der Waals surface area contributed by atoms with Crippen molar-refractivity contribution < 1.29 is 14.6 Å². The van der Waals surface area contributed by atoms with Crippen LogP contribution in [0, 0.1) is 20.8 Å². The van der Waals surface area contributed by atoms with Crippen LogP contribution in [0.25, 0.3) is 0 Å². The number of ether oxygens (including phenoxy) is 1. The third kappa shape index (κ3) is 2.15. The topological polar surface area (TPSA) is 46.5 Å². The van der Waals surface area contributed by atoms with Gasteiger partial charge >= 0.3 is 5.97 Å². The summed E-state index contributed by atoms with van der Waals surface area (Å²) < 4.78 is 5.36. The first-order valence-corrected chi connectivity index (χ1v) is 6.33. The standard InChI is InChI=1S/C15H20O3/c1-10-4-5-13(12(3)11(10)2)15(8-18-9-15)7-6-14(16)17/h4-5H,6-9H2,1-3H3,(H,16,17). The van der Waals surface area contributed by atoms with Crippen LogP contribution in [-0.4, -0.2) is 24.3 Å². The van der Waals surface area contributed by atoms with Gasteiger partial charge in [0.25, 0.3) is 0 Å². The molecule has 0 amide bonds. The third-order valence-electron chi connectivity index (χ3n) is 4.20. The van der Waals surface area contributed by atoms with E-state index in [1.165, 1.54) is 22.3 Å². The molecule has 1 fully saturated rings. The first-order valence-electron chi connectivity index (χ1n) is 6.33. The molecule has 1 aromatic carbocycles. The maximum absolute atomic E-state index is 10.8. The summed E-state index contributed by atoms with van der Waals surface area (Å²) in [6.07, 6.45) is 0.862. The third-order valence-corrected chi connectivity index (χ3v) is 4.20. The summed E-state index contributed by atoms with van der Waals surface area (Å²) >= 11 is 0. The molecule has 1 aliphatic rings. The van der Waals surface area contributed by atoms with Gasteiger partial charge in [-0.2, -0.15) is 0 Å². The van der Waals surface area contributed by atoms with Gasteiger partial charge < -0.3 is 9.84 Å². The number of benzene rings is 1. The van der Waals surface area contributed by atoms with Crippen LogP contribution in [0.5, 0.6) is 0 Å². The van der Waals surface area contributed by atoms with Gasteiger partial charge in [-0.05, 0) is 49.4 Å². The minimum Gasteiger partial charge on any atom is -0.481 e. The van der Waals surface area contributed by atoms with E-state index in [9.17, 15) is 4.79 Å². The number of aliphatic carboxylic acids is 1. The van der Waals surface area contributed by atoms with E-state index < -0.39 is 5.97 Å². The smallest absolute Gasteiger partial charge is 0.303 e. The molecular formula is C15H20O3. The van der Waals surface area contributed by atoms with Crippen molar-refractivity contribution in [3.8, 4) is 0 Å². The molecule has 1 saturated heterocycles. The van der Waals surface area contributed by atoms with Gasteiger partial charge in [-0.3, -0.25) is 4.79 Å². The summed E-state index contributed by atoms with van der Waals surface area (Å²) in [6.45, 7) is 7.64. The predicted octanol–water partition coefficient (Wildman–Crippen LogP) is 2.74. The van der Waals surface area contributed by atoms with Crippen LogP contribution >= 0.6 is 0 Å². The van der Waals surface area contributed by atoms with Crippen LogP contribution in [0.1, 0.15) is 35.1 Å². The van der Waals surface area contributed by atoms with Gasteiger partial charge in [-0.15, -0.1) is 0 Å². The van der Waals surface area contributed by atoms with Gasteiger partial charge in [0.1, 0.15) is 0 Å². The number of hydrogen-bond acceptors (Lipinski definition) is 2. The van der Waals surface area contributed by atoms with Crippen molar-refractivity contribution in [2.24, 2.45) is 0 Å². The first kappa shape index (κ1) is 13.1. The number of carbonyl (C=O) groups is 1. The van der Waals surface area contributed by atoms with Crippen molar-refractivity contribution in [3.05, 3.63) is 34.4 Å². The number of carboxylic acid groups (broad SMARTS) is 1. The molecule has 1 heterocycles. The quantitative estimate of drug-likeness (QED) is 0.891. The van der Waals surface area contributed by atoms with Gasteiger partial charge in [0, 0.05) is 11.8 Å². The second-order valence-electron chi connectivity index (χ2n) is 5.35. The lowest BCUT2D eigenvalue weighted by molar-refractivity contribution is -0.139. The molecule has 0 spiro atoms. The molecule has 1 aliphatic heterocycles.